The van der Waals surface area contributed by atoms with E-state index in [-0.39, 0.29) is 12.4 Å². The summed E-state index contributed by atoms with van der Waals surface area (Å²) in [6.45, 7) is 3.05. The van der Waals surface area contributed by atoms with Gasteiger partial charge in [-0.1, -0.05) is 48.5 Å². The van der Waals surface area contributed by atoms with Crippen molar-refractivity contribution in [2.24, 2.45) is 0 Å². The zero-order valence-corrected chi connectivity index (χ0v) is 18.5. The molecule has 0 radical (unpaired) electrons. The Hall–Kier alpha value is -2.93. The van der Waals surface area contributed by atoms with Gasteiger partial charge < -0.3 is 25.2 Å². The van der Waals surface area contributed by atoms with Gasteiger partial charge in [0.25, 0.3) is 0 Å². The molecular formula is C26H33FN2O3+2. The van der Waals surface area contributed by atoms with E-state index in [4.69, 9.17) is 9.47 Å². The Morgan fingerprint density at radius 3 is 2.47 bits per heavy atom. The highest BCUT2D eigenvalue weighted by Crippen LogP contribution is 2.24. The second kappa shape index (κ2) is 12.8. The predicted octanol–water partition coefficient (Wildman–Crippen LogP) is 1.64. The minimum atomic E-state index is -0.581. The number of aliphatic hydroxyl groups excluding tert-OH is 1. The molecule has 1 atom stereocenters. The van der Waals surface area contributed by atoms with Crippen molar-refractivity contribution >= 4 is 0 Å². The molecule has 0 fully saturated rings. The van der Waals surface area contributed by atoms with Crippen molar-refractivity contribution in [2.45, 2.75) is 25.6 Å². The zero-order valence-electron chi connectivity index (χ0n) is 18.5. The number of hydrogen-bond acceptors (Lipinski definition) is 3. The monoisotopic (exact) mass is 440 g/mol. The number of aliphatic hydroxyl groups is 1. The van der Waals surface area contributed by atoms with Gasteiger partial charge in [0.2, 0.25) is 0 Å². The molecule has 0 spiro atoms. The molecule has 32 heavy (non-hydrogen) atoms. The van der Waals surface area contributed by atoms with E-state index in [0.717, 1.165) is 24.2 Å². The second-order valence-electron chi connectivity index (χ2n) is 7.78. The predicted molar refractivity (Wildman–Crippen MR) is 122 cm³/mol. The molecule has 170 valence electrons. The maximum absolute atomic E-state index is 13.8. The van der Waals surface area contributed by atoms with Crippen LogP contribution in [0.3, 0.4) is 0 Å². The standard InChI is InChI=1S/C26H31FN2O3/c1-31-24-12-11-22(17-28-14-13-21-9-5-6-10-25(21)27)26(15-24)32-19-23(30)18-29-16-20-7-3-2-4-8-20/h2-12,15,23,28-30H,13-14,16-19H2,1H3/p+2/t23-/m1/s1. The Balaban J connectivity index is 1.47. The average Bonchev–Trinajstić information content (AvgIpc) is 2.82. The van der Waals surface area contributed by atoms with Crippen molar-refractivity contribution in [1.29, 1.82) is 0 Å². The summed E-state index contributed by atoms with van der Waals surface area (Å²) in [6, 6.07) is 22.8. The van der Waals surface area contributed by atoms with Gasteiger partial charge in [-0.3, -0.25) is 0 Å². The largest absolute Gasteiger partial charge is 0.497 e. The number of benzene rings is 3. The van der Waals surface area contributed by atoms with Crippen molar-refractivity contribution in [2.75, 3.05) is 26.8 Å². The molecular weight excluding hydrogens is 407 g/mol. The van der Waals surface area contributed by atoms with Gasteiger partial charge in [0, 0.05) is 23.6 Å². The van der Waals surface area contributed by atoms with E-state index in [1.54, 1.807) is 13.2 Å². The molecule has 0 saturated heterocycles. The van der Waals surface area contributed by atoms with Gasteiger partial charge in [0.15, 0.2) is 0 Å². The van der Waals surface area contributed by atoms with Crippen LogP contribution in [0, 0.1) is 5.82 Å². The van der Waals surface area contributed by atoms with E-state index < -0.39 is 6.10 Å². The molecule has 0 bridgehead atoms. The van der Waals surface area contributed by atoms with Gasteiger partial charge in [-0.25, -0.2) is 4.39 Å². The Bertz CT molecular complexity index is 953. The molecule has 6 heteroatoms. The number of rotatable bonds is 13. The highest BCUT2D eigenvalue weighted by Gasteiger charge is 2.12. The third-order valence-electron chi connectivity index (χ3n) is 5.31. The van der Waals surface area contributed by atoms with Crippen LogP contribution in [0.15, 0.2) is 72.8 Å². The van der Waals surface area contributed by atoms with Gasteiger partial charge in [-0.15, -0.1) is 0 Å². The van der Waals surface area contributed by atoms with Crippen LogP contribution in [0.1, 0.15) is 16.7 Å². The summed E-state index contributed by atoms with van der Waals surface area (Å²) in [6.07, 6.45) is 0.0809. The number of quaternary nitrogens is 2. The fourth-order valence-corrected chi connectivity index (χ4v) is 3.49. The van der Waals surface area contributed by atoms with E-state index in [9.17, 15) is 9.50 Å². The fraction of sp³-hybridized carbons (Fsp3) is 0.308. The SMILES string of the molecule is COc1ccc(C[NH2+]CCc2ccccc2F)c(OC[C@H](O)C[NH2+]Cc2ccccc2)c1. The summed E-state index contributed by atoms with van der Waals surface area (Å²) < 4.78 is 25.0. The second-order valence-corrected chi connectivity index (χ2v) is 7.78. The summed E-state index contributed by atoms with van der Waals surface area (Å²) >= 11 is 0. The molecule has 0 aromatic heterocycles. The summed E-state index contributed by atoms with van der Waals surface area (Å²) in [7, 11) is 1.62. The number of halogens is 1. The first kappa shape index (κ1) is 23.7. The van der Waals surface area contributed by atoms with Crippen LogP contribution in [-0.4, -0.2) is 38.0 Å². The van der Waals surface area contributed by atoms with Crippen molar-refractivity contribution in [1.82, 2.24) is 0 Å². The molecule has 5 nitrogen and oxygen atoms in total. The fourth-order valence-electron chi connectivity index (χ4n) is 3.49. The molecule has 3 aromatic carbocycles. The molecule has 5 N–H and O–H groups in total. The topological polar surface area (TPSA) is 71.9 Å². The van der Waals surface area contributed by atoms with E-state index >= 15 is 0 Å². The molecule has 0 aliphatic rings. The van der Waals surface area contributed by atoms with Gasteiger partial charge in [-0.2, -0.15) is 0 Å². The van der Waals surface area contributed by atoms with Gasteiger partial charge in [-0.05, 0) is 23.8 Å². The summed E-state index contributed by atoms with van der Waals surface area (Å²) in [5, 5.41) is 14.5. The van der Waals surface area contributed by atoms with Crippen molar-refractivity contribution in [3.05, 3.63) is 95.3 Å². The molecule has 0 saturated carbocycles. The van der Waals surface area contributed by atoms with Crippen LogP contribution < -0.4 is 20.1 Å². The molecule has 0 unspecified atom stereocenters. The molecule has 0 heterocycles. The van der Waals surface area contributed by atoms with E-state index in [0.29, 0.717) is 31.0 Å². The maximum atomic E-state index is 13.8. The Kier molecular flexibility index (Phi) is 9.50. The molecule has 0 aliphatic carbocycles. The van der Waals surface area contributed by atoms with Crippen molar-refractivity contribution < 1.29 is 29.6 Å². The average molecular weight is 441 g/mol. The van der Waals surface area contributed by atoms with Gasteiger partial charge >= 0.3 is 0 Å². The lowest BCUT2D eigenvalue weighted by Gasteiger charge is -2.15. The highest BCUT2D eigenvalue weighted by molar-refractivity contribution is 5.40. The molecule has 3 aromatic rings. The van der Waals surface area contributed by atoms with Crippen molar-refractivity contribution in [3.63, 3.8) is 0 Å². The first-order chi connectivity index (χ1) is 15.7. The minimum absolute atomic E-state index is 0.160. The third kappa shape index (κ3) is 7.64. The van der Waals surface area contributed by atoms with Crippen LogP contribution in [-0.2, 0) is 19.5 Å². The lowest BCUT2D eigenvalue weighted by molar-refractivity contribution is -0.676. The lowest BCUT2D eigenvalue weighted by atomic mass is 10.1. The van der Waals surface area contributed by atoms with Crippen molar-refractivity contribution in [3.8, 4) is 11.5 Å². The van der Waals surface area contributed by atoms with Gasteiger partial charge in [0.1, 0.15) is 49.7 Å². The number of nitrogens with two attached hydrogens (primary N) is 2. The zero-order chi connectivity index (χ0) is 22.6. The molecule has 0 aliphatic heterocycles. The number of hydrogen-bond donors (Lipinski definition) is 3. The third-order valence-corrected chi connectivity index (χ3v) is 5.31. The van der Waals surface area contributed by atoms with Crippen LogP contribution in [0.25, 0.3) is 0 Å². The summed E-state index contributed by atoms with van der Waals surface area (Å²) in [4.78, 5) is 0. The molecule has 0 amide bonds. The Labute approximate surface area is 189 Å². The van der Waals surface area contributed by atoms with Crippen LogP contribution in [0.4, 0.5) is 4.39 Å². The first-order valence-electron chi connectivity index (χ1n) is 11.0. The summed E-state index contributed by atoms with van der Waals surface area (Å²) in [5.41, 5.74) is 2.96. The maximum Gasteiger partial charge on any atom is 0.137 e. The highest BCUT2D eigenvalue weighted by atomic mass is 19.1. The van der Waals surface area contributed by atoms with Crippen LogP contribution in [0.5, 0.6) is 11.5 Å². The van der Waals surface area contributed by atoms with E-state index in [2.05, 4.69) is 22.8 Å². The molecule has 3 rings (SSSR count). The first-order valence-corrected chi connectivity index (χ1v) is 11.0. The summed E-state index contributed by atoms with van der Waals surface area (Å²) in [5.74, 6) is 1.25. The lowest BCUT2D eigenvalue weighted by Crippen LogP contribution is -2.85. The van der Waals surface area contributed by atoms with Gasteiger partial charge in [0.05, 0.1) is 13.7 Å². The van der Waals surface area contributed by atoms with E-state index in [1.807, 2.05) is 48.5 Å². The number of ether oxygens (including phenoxy) is 2. The smallest absolute Gasteiger partial charge is 0.137 e. The van der Waals surface area contributed by atoms with E-state index in [1.165, 1.54) is 11.6 Å². The quantitative estimate of drug-likeness (QED) is 0.354. The normalized spacial score (nSPS) is 11.8. The van der Waals surface area contributed by atoms with Crippen LogP contribution in [0.2, 0.25) is 0 Å². The Morgan fingerprint density at radius 2 is 1.69 bits per heavy atom. The number of methoxy groups -OCH3 is 1. The minimum Gasteiger partial charge on any atom is -0.497 e. The Morgan fingerprint density at radius 1 is 0.906 bits per heavy atom. The van der Waals surface area contributed by atoms with Crippen LogP contribution >= 0.6 is 0 Å².